The fraction of sp³-hybridized carbons (Fsp3) is 0.474. The molecule has 0 radical (unpaired) electrons. The molecular formula is C19H30ClNO. The van der Waals surface area contributed by atoms with Crippen molar-refractivity contribution in [3.63, 3.8) is 0 Å². The Hall–Kier alpha value is -1.41. The van der Waals surface area contributed by atoms with Crippen LogP contribution in [0.15, 0.2) is 24.3 Å². The van der Waals surface area contributed by atoms with Crippen LogP contribution in [-0.4, -0.2) is 17.5 Å². The van der Waals surface area contributed by atoms with E-state index in [1.165, 1.54) is 22.9 Å². The summed E-state index contributed by atoms with van der Waals surface area (Å²) in [5.74, 6) is 0.374. The Balaban J connectivity index is 0.000000661. The van der Waals surface area contributed by atoms with Crippen LogP contribution in [0.3, 0.4) is 0 Å². The maximum absolute atomic E-state index is 10.0. The molecule has 0 fully saturated rings. The second-order valence-corrected chi connectivity index (χ2v) is 4.67. The first-order valence-corrected chi connectivity index (χ1v) is 8.81. The predicted molar refractivity (Wildman–Crippen MR) is 102 cm³/mol. The summed E-state index contributed by atoms with van der Waals surface area (Å²) in [5.41, 5.74) is 3.67. The quantitative estimate of drug-likeness (QED) is 0.572. The van der Waals surface area contributed by atoms with Crippen LogP contribution in [0.4, 0.5) is 5.69 Å². The molecule has 3 heteroatoms. The minimum absolute atomic E-state index is 0.374. The van der Waals surface area contributed by atoms with Crippen molar-refractivity contribution < 1.29 is 5.11 Å². The monoisotopic (exact) mass is 323 g/mol. The Labute approximate surface area is 140 Å². The van der Waals surface area contributed by atoms with Gasteiger partial charge in [-0.05, 0) is 36.8 Å². The molecule has 22 heavy (non-hydrogen) atoms. The van der Waals surface area contributed by atoms with Gasteiger partial charge in [0.2, 0.25) is 0 Å². The molecular weight excluding hydrogens is 294 g/mol. The van der Waals surface area contributed by atoms with Gasteiger partial charge in [-0.15, -0.1) is 11.6 Å². The summed E-state index contributed by atoms with van der Waals surface area (Å²) in [6.07, 6.45) is 2.51. The highest BCUT2D eigenvalue weighted by atomic mass is 35.5. The van der Waals surface area contributed by atoms with Crippen molar-refractivity contribution in [3.05, 3.63) is 35.4 Å². The Morgan fingerprint density at radius 2 is 1.73 bits per heavy atom. The fourth-order valence-corrected chi connectivity index (χ4v) is 2.68. The average molecular weight is 324 g/mol. The zero-order valence-corrected chi connectivity index (χ0v) is 15.7. The topological polar surface area (TPSA) is 32.3 Å². The molecule has 0 aliphatic carbocycles. The van der Waals surface area contributed by atoms with Crippen LogP contribution in [-0.2, 0) is 6.42 Å². The van der Waals surface area contributed by atoms with Crippen molar-refractivity contribution in [1.29, 1.82) is 0 Å². The normalized spacial score (nSPS) is 14.3. The molecule has 3 rings (SSSR count). The molecule has 1 aliphatic heterocycles. The van der Waals surface area contributed by atoms with E-state index in [0.29, 0.717) is 11.8 Å². The first-order valence-electron chi connectivity index (χ1n) is 8.05. The van der Waals surface area contributed by atoms with Gasteiger partial charge in [0.25, 0.3) is 0 Å². The lowest BCUT2D eigenvalue weighted by Crippen LogP contribution is -2.08. The fourth-order valence-electron chi connectivity index (χ4n) is 2.68. The van der Waals surface area contributed by atoms with E-state index in [1.54, 1.807) is 0 Å². The molecule has 2 N–H and O–H groups in total. The van der Waals surface area contributed by atoms with Crippen molar-refractivity contribution in [1.82, 2.24) is 0 Å². The molecule has 1 unspecified atom stereocenters. The number of aromatic hydroxyl groups is 1. The van der Waals surface area contributed by atoms with Crippen LogP contribution in [0.5, 0.6) is 5.75 Å². The third-order valence-corrected chi connectivity index (χ3v) is 3.37. The summed E-state index contributed by atoms with van der Waals surface area (Å²) in [6.45, 7) is 12.3. The molecule has 0 spiro atoms. The lowest BCUT2D eigenvalue weighted by Gasteiger charge is -2.09. The number of hydrogen-bond acceptors (Lipinski definition) is 2. The summed E-state index contributed by atoms with van der Waals surface area (Å²) in [7, 11) is 0. The van der Waals surface area contributed by atoms with Crippen LogP contribution in [0.25, 0.3) is 10.8 Å². The smallest absolute Gasteiger partial charge is 0.125 e. The number of aryl methyl sites for hydroxylation is 1. The number of halogens is 1. The van der Waals surface area contributed by atoms with Crippen molar-refractivity contribution in [2.75, 3.05) is 11.7 Å². The largest absolute Gasteiger partial charge is 0.507 e. The van der Waals surface area contributed by atoms with E-state index in [0.717, 1.165) is 17.5 Å². The summed E-state index contributed by atoms with van der Waals surface area (Å²) < 4.78 is 0. The van der Waals surface area contributed by atoms with Gasteiger partial charge in [0.15, 0.2) is 0 Å². The Morgan fingerprint density at radius 3 is 2.32 bits per heavy atom. The number of alkyl halides is 1. The van der Waals surface area contributed by atoms with Gasteiger partial charge in [-0.1, -0.05) is 45.9 Å². The Morgan fingerprint density at radius 1 is 1.14 bits per heavy atom. The van der Waals surface area contributed by atoms with Crippen LogP contribution >= 0.6 is 11.6 Å². The average Bonchev–Trinajstić information content (AvgIpc) is 2.93. The molecule has 0 saturated heterocycles. The van der Waals surface area contributed by atoms with Gasteiger partial charge in [-0.3, -0.25) is 0 Å². The number of nitrogens with one attached hydrogen (secondary N) is 1. The Bertz CT molecular complexity index is 581. The van der Waals surface area contributed by atoms with Crippen molar-refractivity contribution >= 4 is 28.1 Å². The summed E-state index contributed by atoms with van der Waals surface area (Å²) in [5, 5.41) is 15.6. The van der Waals surface area contributed by atoms with Gasteiger partial charge in [0, 0.05) is 29.6 Å². The standard InChI is InChI=1S/C14H15NO.2C2H6.CH3Cl/c1-8-4-3-5-10-13(16)7-12-11(14(8)10)6-9(2)15-12;3*1-2/h3-5,7,9,15-16H,6H2,1-2H3;2*1-2H3;1H3. The van der Waals surface area contributed by atoms with E-state index in [1.807, 2.05) is 45.9 Å². The van der Waals surface area contributed by atoms with Crippen LogP contribution in [0.2, 0.25) is 0 Å². The number of rotatable bonds is 0. The maximum Gasteiger partial charge on any atom is 0.125 e. The molecule has 124 valence electrons. The van der Waals surface area contributed by atoms with E-state index in [9.17, 15) is 5.11 Å². The molecule has 2 nitrogen and oxygen atoms in total. The summed E-state index contributed by atoms with van der Waals surface area (Å²) in [4.78, 5) is 0. The zero-order chi connectivity index (χ0) is 17.3. The molecule has 0 amide bonds. The van der Waals surface area contributed by atoms with Crippen LogP contribution in [0.1, 0.15) is 45.7 Å². The van der Waals surface area contributed by atoms with Crippen molar-refractivity contribution in [3.8, 4) is 5.75 Å². The van der Waals surface area contributed by atoms with Gasteiger partial charge in [0.1, 0.15) is 5.75 Å². The lowest BCUT2D eigenvalue weighted by atomic mass is 9.97. The second-order valence-electron chi connectivity index (χ2n) is 4.67. The molecule has 1 heterocycles. The molecule has 0 saturated carbocycles. The second kappa shape index (κ2) is 10.3. The molecule has 0 aromatic heterocycles. The number of fused-ring (bicyclic) bond motifs is 3. The molecule has 1 atom stereocenters. The lowest BCUT2D eigenvalue weighted by molar-refractivity contribution is 0.482. The summed E-state index contributed by atoms with van der Waals surface area (Å²) >= 11 is 4.64. The molecule has 2 aromatic carbocycles. The maximum atomic E-state index is 10.0. The van der Waals surface area contributed by atoms with Gasteiger partial charge < -0.3 is 10.4 Å². The SMILES string of the molecule is CC.CC.CCl.Cc1cccc2c(O)cc3c(c12)CC(C)N3. The minimum Gasteiger partial charge on any atom is -0.507 e. The zero-order valence-electron chi connectivity index (χ0n) is 14.9. The van der Waals surface area contributed by atoms with Gasteiger partial charge in [0.05, 0.1) is 0 Å². The van der Waals surface area contributed by atoms with E-state index in [4.69, 9.17) is 0 Å². The van der Waals surface area contributed by atoms with Crippen LogP contribution in [0, 0.1) is 6.92 Å². The molecule has 1 aliphatic rings. The summed E-state index contributed by atoms with van der Waals surface area (Å²) in [6, 6.07) is 8.39. The molecule has 0 bridgehead atoms. The van der Waals surface area contributed by atoms with Gasteiger partial charge >= 0.3 is 0 Å². The third kappa shape index (κ3) is 4.30. The minimum atomic E-state index is 0.374. The first kappa shape index (κ1) is 20.6. The van der Waals surface area contributed by atoms with E-state index < -0.39 is 0 Å². The van der Waals surface area contributed by atoms with E-state index in [2.05, 4.69) is 36.8 Å². The number of phenolic OH excluding ortho intramolecular Hbond substituents is 1. The number of phenols is 1. The predicted octanol–water partition coefficient (Wildman–Crippen LogP) is 6.12. The van der Waals surface area contributed by atoms with E-state index in [-0.39, 0.29) is 0 Å². The number of anilines is 1. The van der Waals surface area contributed by atoms with Crippen molar-refractivity contribution in [2.45, 2.75) is 54.0 Å². The van der Waals surface area contributed by atoms with Crippen molar-refractivity contribution in [2.24, 2.45) is 0 Å². The number of hydrogen-bond donors (Lipinski definition) is 2. The highest BCUT2D eigenvalue weighted by molar-refractivity contribution is 6.15. The Kier molecular flexibility index (Phi) is 9.68. The highest BCUT2D eigenvalue weighted by Crippen LogP contribution is 2.39. The van der Waals surface area contributed by atoms with Crippen LogP contribution < -0.4 is 5.32 Å². The molecule has 2 aromatic rings. The van der Waals surface area contributed by atoms with E-state index >= 15 is 0 Å². The first-order chi connectivity index (χ1) is 10.7. The van der Waals surface area contributed by atoms with Gasteiger partial charge in [-0.2, -0.15) is 0 Å². The van der Waals surface area contributed by atoms with Gasteiger partial charge in [-0.25, -0.2) is 0 Å². The highest BCUT2D eigenvalue weighted by Gasteiger charge is 2.21. The third-order valence-electron chi connectivity index (χ3n) is 3.37. The number of benzene rings is 2.